The second-order valence-corrected chi connectivity index (χ2v) is 5.36. The molecule has 0 radical (unpaired) electrons. The third kappa shape index (κ3) is 2.69. The van der Waals surface area contributed by atoms with Gasteiger partial charge in [0.15, 0.2) is 5.78 Å². The van der Waals surface area contributed by atoms with E-state index in [1.165, 1.54) is 5.56 Å². The largest absolute Gasteiger partial charge is 0.496 e. The summed E-state index contributed by atoms with van der Waals surface area (Å²) in [6.45, 7) is 2.96. The van der Waals surface area contributed by atoms with E-state index in [1.807, 2.05) is 42.5 Å². The molecule has 0 aromatic heterocycles. The first-order chi connectivity index (χ1) is 10.2. The molecule has 3 nitrogen and oxygen atoms in total. The average molecular weight is 281 g/mol. The summed E-state index contributed by atoms with van der Waals surface area (Å²) in [5.41, 5.74) is 1.92. The molecule has 1 aliphatic heterocycles. The number of hydrogen-bond acceptors (Lipinski definition) is 3. The SMILES string of the molecule is COc1ccccc1C(=O)[C@@H]1CN1[C@H](C)c1ccccc1. The van der Waals surface area contributed by atoms with Crippen molar-refractivity contribution in [3.05, 3.63) is 65.7 Å². The molecule has 3 heteroatoms. The lowest BCUT2D eigenvalue weighted by Crippen LogP contribution is -2.16. The number of hydrogen-bond donors (Lipinski definition) is 0. The van der Waals surface area contributed by atoms with Gasteiger partial charge in [0.05, 0.1) is 18.7 Å². The predicted octanol–water partition coefficient (Wildman–Crippen LogP) is 3.32. The van der Waals surface area contributed by atoms with E-state index < -0.39 is 0 Å². The maximum Gasteiger partial charge on any atom is 0.185 e. The standard InChI is InChI=1S/C18H19NO2/c1-13(14-8-4-3-5-9-14)19-12-16(19)18(20)15-10-6-7-11-17(15)21-2/h3-11,13,16H,12H2,1-2H3/t13-,16+,19?/m1/s1. The smallest absolute Gasteiger partial charge is 0.185 e. The van der Waals surface area contributed by atoms with E-state index in [0.29, 0.717) is 11.3 Å². The highest BCUT2D eigenvalue weighted by Gasteiger charge is 2.44. The Labute approximate surface area is 125 Å². The molecule has 2 aromatic rings. The first-order valence-electron chi connectivity index (χ1n) is 7.20. The monoisotopic (exact) mass is 281 g/mol. The van der Waals surface area contributed by atoms with Gasteiger partial charge in [-0.25, -0.2) is 0 Å². The number of rotatable bonds is 5. The van der Waals surface area contributed by atoms with Crippen LogP contribution in [0, 0.1) is 0 Å². The highest BCUT2D eigenvalue weighted by atomic mass is 16.5. The zero-order chi connectivity index (χ0) is 14.8. The van der Waals surface area contributed by atoms with Crippen molar-refractivity contribution in [2.45, 2.75) is 19.0 Å². The van der Waals surface area contributed by atoms with Gasteiger partial charge in [-0.15, -0.1) is 0 Å². The van der Waals surface area contributed by atoms with E-state index in [2.05, 4.69) is 24.0 Å². The Morgan fingerprint density at radius 1 is 1.14 bits per heavy atom. The second kappa shape index (κ2) is 5.70. The molecule has 1 saturated heterocycles. The third-order valence-electron chi connectivity index (χ3n) is 4.11. The van der Waals surface area contributed by atoms with E-state index in [9.17, 15) is 4.79 Å². The summed E-state index contributed by atoms with van der Waals surface area (Å²) < 4.78 is 5.29. The van der Waals surface area contributed by atoms with Gasteiger partial charge in [-0.2, -0.15) is 0 Å². The predicted molar refractivity (Wildman–Crippen MR) is 82.7 cm³/mol. The lowest BCUT2D eigenvalue weighted by molar-refractivity contribution is 0.0966. The number of ether oxygens (including phenoxy) is 1. The van der Waals surface area contributed by atoms with E-state index in [0.717, 1.165) is 6.54 Å². The first kappa shape index (κ1) is 13.8. The van der Waals surface area contributed by atoms with Crippen LogP contribution >= 0.6 is 0 Å². The second-order valence-electron chi connectivity index (χ2n) is 5.36. The number of carbonyl (C=O) groups is 1. The maximum atomic E-state index is 12.6. The molecule has 0 aliphatic carbocycles. The number of carbonyl (C=O) groups excluding carboxylic acids is 1. The van der Waals surface area contributed by atoms with Crippen molar-refractivity contribution in [3.8, 4) is 5.75 Å². The van der Waals surface area contributed by atoms with Gasteiger partial charge in [-0.3, -0.25) is 9.69 Å². The molecule has 3 rings (SSSR count). The highest BCUT2D eigenvalue weighted by molar-refractivity contribution is 6.04. The zero-order valence-electron chi connectivity index (χ0n) is 12.3. The Balaban J connectivity index is 1.74. The van der Waals surface area contributed by atoms with Crippen LogP contribution in [0.5, 0.6) is 5.75 Å². The number of benzene rings is 2. The number of Topliss-reactive ketones (excluding diaryl/α,β-unsaturated/α-hetero) is 1. The quantitative estimate of drug-likeness (QED) is 0.622. The molecule has 0 saturated carbocycles. The molecule has 21 heavy (non-hydrogen) atoms. The van der Waals surface area contributed by atoms with Crippen LogP contribution in [0.25, 0.3) is 0 Å². The molecule has 1 aliphatic rings. The molecule has 3 atom stereocenters. The van der Waals surface area contributed by atoms with Crippen molar-refractivity contribution in [2.75, 3.05) is 13.7 Å². The van der Waals surface area contributed by atoms with E-state index in [-0.39, 0.29) is 17.9 Å². The zero-order valence-corrected chi connectivity index (χ0v) is 12.3. The summed E-state index contributed by atoms with van der Waals surface area (Å²) in [6.07, 6.45) is 0. The van der Waals surface area contributed by atoms with Gasteiger partial charge in [-0.05, 0) is 24.6 Å². The Morgan fingerprint density at radius 2 is 1.81 bits per heavy atom. The summed E-state index contributed by atoms with van der Waals surface area (Å²) in [5.74, 6) is 0.803. The summed E-state index contributed by atoms with van der Waals surface area (Å²) in [7, 11) is 1.60. The Kier molecular flexibility index (Phi) is 3.76. The van der Waals surface area contributed by atoms with Gasteiger partial charge in [0, 0.05) is 12.6 Å². The fraction of sp³-hybridized carbons (Fsp3) is 0.278. The maximum absolute atomic E-state index is 12.6. The fourth-order valence-corrected chi connectivity index (χ4v) is 2.76. The summed E-state index contributed by atoms with van der Waals surface area (Å²) in [6, 6.07) is 17.9. The molecule has 1 unspecified atom stereocenters. The lowest BCUT2D eigenvalue weighted by atomic mass is 10.1. The van der Waals surface area contributed by atoms with Crippen molar-refractivity contribution in [1.29, 1.82) is 0 Å². The third-order valence-corrected chi connectivity index (χ3v) is 4.11. The van der Waals surface area contributed by atoms with Gasteiger partial charge in [-0.1, -0.05) is 42.5 Å². The van der Waals surface area contributed by atoms with Gasteiger partial charge in [0.2, 0.25) is 0 Å². The summed E-state index contributed by atoms with van der Waals surface area (Å²) in [5, 5.41) is 0. The van der Waals surface area contributed by atoms with Crippen molar-refractivity contribution in [3.63, 3.8) is 0 Å². The number of methoxy groups -OCH3 is 1. The minimum absolute atomic E-state index is 0.0310. The minimum Gasteiger partial charge on any atom is -0.496 e. The topological polar surface area (TPSA) is 29.3 Å². The molecular weight excluding hydrogens is 262 g/mol. The molecule has 0 amide bonds. The molecule has 2 aromatic carbocycles. The molecule has 0 bridgehead atoms. The van der Waals surface area contributed by atoms with Gasteiger partial charge < -0.3 is 4.74 Å². The van der Waals surface area contributed by atoms with Gasteiger partial charge in [0.1, 0.15) is 5.75 Å². The number of para-hydroxylation sites is 1. The van der Waals surface area contributed by atoms with E-state index in [4.69, 9.17) is 4.74 Å². The van der Waals surface area contributed by atoms with Crippen molar-refractivity contribution >= 4 is 5.78 Å². The van der Waals surface area contributed by atoms with Crippen LogP contribution in [0.15, 0.2) is 54.6 Å². The van der Waals surface area contributed by atoms with E-state index >= 15 is 0 Å². The van der Waals surface area contributed by atoms with Gasteiger partial charge >= 0.3 is 0 Å². The molecule has 0 spiro atoms. The van der Waals surface area contributed by atoms with Crippen LogP contribution in [0.3, 0.4) is 0 Å². The van der Waals surface area contributed by atoms with E-state index in [1.54, 1.807) is 7.11 Å². The molecule has 108 valence electrons. The van der Waals surface area contributed by atoms with Crippen molar-refractivity contribution < 1.29 is 9.53 Å². The highest BCUT2D eigenvalue weighted by Crippen LogP contribution is 2.35. The fourth-order valence-electron chi connectivity index (χ4n) is 2.76. The van der Waals surface area contributed by atoms with Crippen LogP contribution in [0.2, 0.25) is 0 Å². The molecule has 0 N–H and O–H groups in total. The summed E-state index contributed by atoms with van der Waals surface area (Å²) in [4.78, 5) is 14.8. The first-order valence-corrected chi connectivity index (χ1v) is 7.20. The molecule has 1 heterocycles. The van der Waals surface area contributed by atoms with Crippen molar-refractivity contribution in [1.82, 2.24) is 4.90 Å². The number of nitrogens with zero attached hydrogens (tertiary/aromatic N) is 1. The van der Waals surface area contributed by atoms with Crippen molar-refractivity contribution in [2.24, 2.45) is 0 Å². The minimum atomic E-state index is -0.0310. The Bertz CT molecular complexity index is 639. The average Bonchev–Trinajstić information content (AvgIpc) is 3.35. The Hall–Kier alpha value is -2.13. The van der Waals surface area contributed by atoms with Crippen LogP contribution in [-0.4, -0.2) is 30.4 Å². The van der Waals surface area contributed by atoms with Crippen LogP contribution in [0.4, 0.5) is 0 Å². The summed E-state index contributed by atoms with van der Waals surface area (Å²) >= 11 is 0. The van der Waals surface area contributed by atoms with Crippen LogP contribution in [-0.2, 0) is 0 Å². The van der Waals surface area contributed by atoms with Crippen LogP contribution < -0.4 is 4.74 Å². The number of ketones is 1. The normalized spacial score (nSPS) is 21.6. The van der Waals surface area contributed by atoms with Gasteiger partial charge in [0.25, 0.3) is 0 Å². The molecular formula is C18H19NO2. The lowest BCUT2D eigenvalue weighted by Gasteiger charge is -2.14. The molecule has 1 fully saturated rings. The van der Waals surface area contributed by atoms with Crippen LogP contribution in [0.1, 0.15) is 28.9 Å². The Morgan fingerprint density at radius 3 is 2.52 bits per heavy atom.